The van der Waals surface area contributed by atoms with E-state index in [-0.39, 0.29) is 24.4 Å². The van der Waals surface area contributed by atoms with Crippen LogP contribution < -0.4 is 5.32 Å². The van der Waals surface area contributed by atoms with E-state index >= 15 is 0 Å². The Morgan fingerprint density at radius 2 is 2.00 bits per heavy atom. The molecule has 0 unspecified atom stereocenters. The normalized spacial score (nSPS) is 23.7. The van der Waals surface area contributed by atoms with Crippen LogP contribution in [-0.4, -0.2) is 56.8 Å². The smallest absolute Gasteiger partial charge is 0.304 e. The van der Waals surface area contributed by atoms with Crippen LogP contribution in [0.2, 0.25) is 0 Å². The lowest BCUT2D eigenvalue weighted by atomic mass is 10.1. The summed E-state index contributed by atoms with van der Waals surface area (Å²) < 4.78 is 1.83. The van der Waals surface area contributed by atoms with Crippen molar-refractivity contribution in [2.24, 2.45) is 5.92 Å². The van der Waals surface area contributed by atoms with Crippen LogP contribution in [0.15, 0.2) is 18.5 Å². The van der Waals surface area contributed by atoms with Crippen molar-refractivity contribution in [1.82, 2.24) is 20.0 Å². The van der Waals surface area contributed by atoms with Gasteiger partial charge in [-0.25, -0.2) is 0 Å². The number of nitrogens with one attached hydrogen (secondary N) is 1. The minimum absolute atomic E-state index is 0.0696. The fraction of sp³-hybridized carbons (Fsp3) is 0.722. The van der Waals surface area contributed by atoms with E-state index in [0.717, 1.165) is 38.3 Å². The Labute approximate surface area is 148 Å². The highest BCUT2D eigenvalue weighted by Gasteiger charge is 2.37. The van der Waals surface area contributed by atoms with Crippen molar-refractivity contribution in [2.75, 3.05) is 13.1 Å². The van der Waals surface area contributed by atoms with E-state index in [1.54, 1.807) is 6.20 Å². The van der Waals surface area contributed by atoms with Gasteiger partial charge in [0, 0.05) is 50.5 Å². The van der Waals surface area contributed by atoms with Gasteiger partial charge >= 0.3 is 5.97 Å². The van der Waals surface area contributed by atoms with Gasteiger partial charge in [-0.2, -0.15) is 5.10 Å². The minimum atomic E-state index is -0.728. The predicted octanol–water partition coefficient (Wildman–Crippen LogP) is 1.50. The van der Waals surface area contributed by atoms with Crippen molar-refractivity contribution < 1.29 is 14.7 Å². The first-order valence-electron chi connectivity index (χ1n) is 9.33. The Balaban J connectivity index is 1.40. The Morgan fingerprint density at radius 3 is 2.68 bits per heavy atom. The van der Waals surface area contributed by atoms with Gasteiger partial charge in [0.15, 0.2) is 0 Å². The molecule has 2 heterocycles. The number of hydrogen-bond acceptors (Lipinski definition) is 4. The Kier molecular flexibility index (Phi) is 6.07. The molecule has 138 valence electrons. The summed E-state index contributed by atoms with van der Waals surface area (Å²) in [7, 11) is 0. The molecule has 1 aliphatic heterocycles. The monoisotopic (exact) mass is 348 g/mol. The van der Waals surface area contributed by atoms with Gasteiger partial charge in [-0.15, -0.1) is 0 Å². The summed E-state index contributed by atoms with van der Waals surface area (Å²) >= 11 is 0. The molecule has 1 amide bonds. The molecule has 0 spiro atoms. The van der Waals surface area contributed by atoms with Crippen LogP contribution in [0.25, 0.3) is 0 Å². The summed E-state index contributed by atoms with van der Waals surface area (Å²) in [6.45, 7) is 2.36. The fourth-order valence-corrected chi connectivity index (χ4v) is 3.71. The molecule has 2 N–H and O–H groups in total. The van der Waals surface area contributed by atoms with Gasteiger partial charge in [-0.05, 0) is 44.1 Å². The zero-order chi connectivity index (χ0) is 17.6. The van der Waals surface area contributed by atoms with Gasteiger partial charge < -0.3 is 10.4 Å². The van der Waals surface area contributed by atoms with Crippen LogP contribution in [-0.2, 0) is 16.1 Å². The number of hydrogen-bond donors (Lipinski definition) is 2. The number of carbonyl (C=O) groups excluding carboxylic acids is 1. The molecular weight excluding hydrogens is 320 g/mol. The van der Waals surface area contributed by atoms with Crippen LogP contribution in [0.4, 0.5) is 0 Å². The zero-order valence-corrected chi connectivity index (χ0v) is 14.6. The molecule has 1 aromatic heterocycles. The number of carboxylic acid groups (broad SMARTS) is 1. The average molecular weight is 348 g/mol. The lowest BCUT2D eigenvalue weighted by Crippen LogP contribution is -2.44. The molecule has 1 saturated heterocycles. The van der Waals surface area contributed by atoms with Gasteiger partial charge in [0.05, 0.1) is 6.42 Å². The van der Waals surface area contributed by atoms with E-state index in [1.807, 2.05) is 16.9 Å². The maximum Gasteiger partial charge on any atom is 0.304 e. The van der Waals surface area contributed by atoms with Crippen LogP contribution >= 0.6 is 0 Å². The van der Waals surface area contributed by atoms with Gasteiger partial charge in [0.2, 0.25) is 5.91 Å². The molecule has 2 atom stereocenters. The maximum absolute atomic E-state index is 12.1. The molecule has 2 fully saturated rings. The van der Waals surface area contributed by atoms with Crippen LogP contribution in [0.5, 0.6) is 0 Å². The molecule has 1 saturated carbocycles. The van der Waals surface area contributed by atoms with E-state index in [1.165, 1.54) is 12.8 Å². The largest absolute Gasteiger partial charge is 0.481 e. The molecule has 7 heteroatoms. The second kappa shape index (κ2) is 8.47. The van der Waals surface area contributed by atoms with E-state index < -0.39 is 5.97 Å². The number of rotatable bonds is 10. The van der Waals surface area contributed by atoms with Gasteiger partial charge in [0.1, 0.15) is 0 Å². The van der Waals surface area contributed by atoms with Crippen molar-refractivity contribution >= 4 is 11.9 Å². The van der Waals surface area contributed by atoms with E-state index in [9.17, 15) is 9.59 Å². The first kappa shape index (κ1) is 17.9. The third kappa shape index (κ3) is 5.56. The van der Waals surface area contributed by atoms with Crippen molar-refractivity contribution in [2.45, 2.75) is 63.6 Å². The quantitative estimate of drug-likeness (QED) is 0.669. The van der Waals surface area contributed by atoms with E-state index in [4.69, 9.17) is 5.11 Å². The summed E-state index contributed by atoms with van der Waals surface area (Å²) in [5, 5.41) is 16.3. The molecule has 2 aliphatic rings. The molecule has 0 bridgehead atoms. The summed E-state index contributed by atoms with van der Waals surface area (Å²) in [4.78, 5) is 25.5. The summed E-state index contributed by atoms with van der Waals surface area (Å²) in [5.41, 5.74) is 0. The third-order valence-corrected chi connectivity index (χ3v) is 5.23. The highest BCUT2D eigenvalue weighted by atomic mass is 16.4. The van der Waals surface area contributed by atoms with Crippen LogP contribution in [0.3, 0.4) is 0 Å². The van der Waals surface area contributed by atoms with Gasteiger partial charge in [-0.3, -0.25) is 19.2 Å². The molecule has 1 aromatic rings. The van der Waals surface area contributed by atoms with Crippen molar-refractivity contribution in [3.05, 3.63) is 18.5 Å². The lowest BCUT2D eigenvalue weighted by molar-refractivity contribution is -0.138. The Hall–Kier alpha value is -1.89. The number of amides is 1. The van der Waals surface area contributed by atoms with Crippen molar-refractivity contribution in [1.29, 1.82) is 0 Å². The number of nitrogens with zero attached hydrogens (tertiary/aromatic N) is 3. The zero-order valence-electron chi connectivity index (χ0n) is 14.6. The van der Waals surface area contributed by atoms with E-state index in [2.05, 4.69) is 15.3 Å². The Morgan fingerprint density at radius 1 is 1.20 bits per heavy atom. The highest BCUT2D eigenvalue weighted by Crippen LogP contribution is 2.35. The van der Waals surface area contributed by atoms with Crippen LogP contribution in [0, 0.1) is 5.92 Å². The molecule has 0 aromatic carbocycles. The second-order valence-electron chi connectivity index (χ2n) is 7.30. The summed E-state index contributed by atoms with van der Waals surface area (Å²) in [6.07, 6.45) is 9.50. The molecular formula is C18H28N4O3. The first-order valence-corrected chi connectivity index (χ1v) is 9.33. The predicted molar refractivity (Wildman–Crippen MR) is 93.0 cm³/mol. The molecule has 0 radical (unpaired) electrons. The summed E-state index contributed by atoms with van der Waals surface area (Å²) in [6, 6.07) is 2.28. The lowest BCUT2D eigenvalue weighted by Gasteiger charge is -2.29. The number of aryl methyl sites for hydroxylation is 1. The van der Waals surface area contributed by atoms with Crippen LogP contribution in [0.1, 0.15) is 44.9 Å². The molecule has 7 nitrogen and oxygen atoms in total. The van der Waals surface area contributed by atoms with Gasteiger partial charge in [0.25, 0.3) is 0 Å². The standard InChI is InChI=1S/C18H28N4O3/c23-17(3-1-9-21-10-2-8-20-21)19-12-16-7-6-15(11-18(24)25)22(16)13-14-4-5-14/h2,8,10,14-16H,1,3-7,9,11-13H2,(H,19,23)(H,24,25)/t15-,16+/m1/s1. The fourth-order valence-electron chi connectivity index (χ4n) is 3.71. The minimum Gasteiger partial charge on any atom is -0.481 e. The first-order chi connectivity index (χ1) is 12.1. The second-order valence-corrected chi connectivity index (χ2v) is 7.30. The third-order valence-electron chi connectivity index (χ3n) is 5.23. The number of carbonyl (C=O) groups is 2. The highest BCUT2D eigenvalue weighted by molar-refractivity contribution is 5.75. The topological polar surface area (TPSA) is 87.5 Å². The summed E-state index contributed by atoms with van der Waals surface area (Å²) in [5.74, 6) is 0.0657. The molecule has 25 heavy (non-hydrogen) atoms. The number of likely N-dealkylation sites (tertiary alicyclic amines) is 1. The van der Waals surface area contributed by atoms with Gasteiger partial charge in [-0.1, -0.05) is 0 Å². The SMILES string of the molecule is O=C(O)C[C@H]1CC[C@@H](CNC(=O)CCCn2cccn2)N1CC1CC1. The van der Waals surface area contributed by atoms with E-state index in [0.29, 0.717) is 13.0 Å². The Bertz CT molecular complexity index is 571. The van der Waals surface area contributed by atoms with Crippen molar-refractivity contribution in [3.63, 3.8) is 0 Å². The maximum atomic E-state index is 12.1. The van der Waals surface area contributed by atoms with Crippen molar-refractivity contribution in [3.8, 4) is 0 Å². The average Bonchev–Trinajstić information content (AvgIpc) is 3.09. The number of aromatic nitrogens is 2. The molecule has 3 rings (SSSR count). The number of carboxylic acids is 1. The molecule has 1 aliphatic carbocycles. The number of aliphatic carboxylic acids is 1.